The molecule has 1 unspecified atom stereocenters. The van der Waals surface area contributed by atoms with Crippen LogP contribution in [0.5, 0.6) is 0 Å². The number of hydrogen-bond acceptors (Lipinski definition) is 3. The van der Waals surface area contributed by atoms with E-state index in [1.54, 1.807) is 11.8 Å². The molecule has 4 heteroatoms. The van der Waals surface area contributed by atoms with Gasteiger partial charge in [0.05, 0.1) is 0 Å². The number of aryl methyl sites for hydroxylation is 1. The molecule has 16 heavy (non-hydrogen) atoms. The molecule has 0 spiro atoms. The van der Waals surface area contributed by atoms with Crippen LogP contribution in [0, 0.1) is 6.92 Å². The van der Waals surface area contributed by atoms with E-state index < -0.39 is 0 Å². The zero-order valence-electron chi connectivity index (χ0n) is 10.4. The Hall–Kier alpha value is -0.280. The standard InChI is InChI=1S/C12H19ClN2S/c1-5-7-10-14-11(13)9(4)12(15-10)16-8(3)6-2/h8H,5-7H2,1-4H3. The maximum absolute atomic E-state index is 6.12. The van der Waals surface area contributed by atoms with E-state index in [-0.39, 0.29) is 0 Å². The highest BCUT2D eigenvalue weighted by Gasteiger charge is 2.12. The first-order chi connectivity index (χ1) is 7.58. The summed E-state index contributed by atoms with van der Waals surface area (Å²) >= 11 is 7.91. The van der Waals surface area contributed by atoms with Crippen LogP contribution in [-0.4, -0.2) is 15.2 Å². The van der Waals surface area contributed by atoms with Gasteiger partial charge in [0.25, 0.3) is 0 Å². The molecule has 0 N–H and O–H groups in total. The first kappa shape index (κ1) is 13.8. The molecule has 0 aliphatic rings. The molecule has 90 valence electrons. The van der Waals surface area contributed by atoms with Crippen molar-refractivity contribution in [3.8, 4) is 0 Å². The second-order valence-corrected chi connectivity index (χ2v) is 5.73. The van der Waals surface area contributed by atoms with Crippen molar-refractivity contribution in [3.63, 3.8) is 0 Å². The van der Waals surface area contributed by atoms with Gasteiger partial charge in [-0.2, -0.15) is 0 Å². The van der Waals surface area contributed by atoms with E-state index >= 15 is 0 Å². The predicted octanol–water partition coefficient (Wildman–Crippen LogP) is 4.28. The number of thioether (sulfide) groups is 1. The molecule has 2 nitrogen and oxygen atoms in total. The van der Waals surface area contributed by atoms with Crippen LogP contribution in [-0.2, 0) is 6.42 Å². The van der Waals surface area contributed by atoms with E-state index in [9.17, 15) is 0 Å². The summed E-state index contributed by atoms with van der Waals surface area (Å²) in [6, 6.07) is 0. The highest BCUT2D eigenvalue weighted by Crippen LogP contribution is 2.29. The van der Waals surface area contributed by atoms with Crippen LogP contribution in [0.15, 0.2) is 5.03 Å². The first-order valence-electron chi connectivity index (χ1n) is 5.78. The molecule has 0 bridgehead atoms. The number of aromatic nitrogens is 2. The Bertz CT molecular complexity index is 355. The largest absolute Gasteiger partial charge is 0.226 e. The van der Waals surface area contributed by atoms with Crippen LogP contribution in [0.3, 0.4) is 0 Å². The molecule has 0 aromatic carbocycles. The minimum Gasteiger partial charge on any atom is -0.226 e. The predicted molar refractivity (Wildman–Crippen MR) is 71.4 cm³/mol. The van der Waals surface area contributed by atoms with Gasteiger partial charge >= 0.3 is 0 Å². The van der Waals surface area contributed by atoms with Crippen molar-refractivity contribution in [2.24, 2.45) is 0 Å². The Labute approximate surface area is 107 Å². The highest BCUT2D eigenvalue weighted by atomic mass is 35.5. The van der Waals surface area contributed by atoms with Crippen molar-refractivity contribution in [1.29, 1.82) is 0 Å². The van der Waals surface area contributed by atoms with Crippen LogP contribution in [0.2, 0.25) is 5.15 Å². The third-order valence-corrected chi connectivity index (χ3v) is 4.17. The van der Waals surface area contributed by atoms with Crippen molar-refractivity contribution < 1.29 is 0 Å². The number of hydrogen-bond donors (Lipinski definition) is 0. The summed E-state index contributed by atoms with van der Waals surface area (Å²) < 4.78 is 0. The van der Waals surface area contributed by atoms with Gasteiger partial charge in [-0.1, -0.05) is 32.4 Å². The molecule has 1 aromatic rings. The van der Waals surface area contributed by atoms with Gasteiger partial charge < -0.3 is 0 Å². The molecule has 1 aromatic heterocycles. The lowest BCUT2D eigenvalue weighted by Gasteiger charge is -2.11. The molecular weight excluding hydrogens is 240 g/mol. The van der Waals surface area contributed by atoms with Crippen molar-refractivity contribution in [2.75, 3.05) is 0 Å². The summed E-state index contributed by atoms with van der Waals surface area (Å²) in [5, 5.41) is 2.21. The van der Waals surface area contributed by atoms with Gasteiger partial charge in [0, 0.05) is 17.2 Å². The number of nitrogens with zero attached hydrogens (tertiary/aromatic N) is 2. The van der Waals surface area contributed by atoms with Gasteiger partial charge in [-0.15, -0.1) is 11.8 Å². The Kier molecular flexibility index (Phi) is 5.56. The monoisotopic (exact) mass is 258 g/mol. The molecule has 0 aliphatic carbocycles. The van der Waals surface area contributed by atoms with Crippen LogP contribution in [0.4, 0.5) is 0 Å². The fourth-order valence-corrected chi connectivity index (χ4v) is 2.46. The quantitative estimate of drug-likeness (QED) is 0.582. The summed E-state index contributed by atoms with van der Waals surface area (Å²) in [5.41, 5.74) is 1.01. The smallest absolute Gasteiger partial charge is 0.136 e. The Morgan fingerprint density at radius 3 is 2.56 bits per heavy atom. The summed E-state index contributed by atoms with van der Waals surface area (Å²) in [6.45, 7) is 8.50. The van der Waals surface area contributed by atoms with E-state index in [2.05, 4.69) is 30.7 Å². The van der Waals surface area contributed by atoms with Gasteiger partial charge in [-0.05, 0) is 19.8 Å². The third kappa shape index (κ3) is 3.63. The van der Waals surface area contributed by atoms with Crippen molar-refractivity contribution in [1.82, 2.24) is 9.97 Å². The molecule has 0 aliphatic heterocycles. The minimum atomic E-state index is 0.569. The van der Waals surface area contributed by atoms with E-state index in [1.807, 2.05) is 6.92 Å². The Morgan fingerprint density at radius 2 is 2.00 bits per heavy atom. The van der Waals surface area contributed by atoms with E-state index in [0.717, 1.165) is 35.7 Å². The molecule has 0 saturated heterocycles. The summed E-state index contributed by atoms with van der Waals surface area (Å²) in [7, 11) is 0. The lowest BCUT2D eigenvalue weighted by molar-refractivity contribution is 0.798. The summed E-state index contributed by atoms with van der Waals surface area (Å²) in [6.07, 6.45) is 3.08. The minimum absolute atomic E-state index is 0.569. The second kappa shape index (κ2) is 6.45. The van der Waals surface area contributed by atoms with Gasteiger partial charge in [0.15, 0.2) is 0 Å². The zero-order chi connectivity index (χ0) is 12.1. The van der Waals surface area contributed by atoms with Crippen molar-refractivity contribution in [3.05, 3.63) is 16.5 Å². The Morgan fingerprint density at radius 1 is 1.31 bits per heavy atom. The summed E-state index contributed by atoms with van der Waals surface area (Å²) in [4.78, 5) is 8.88. The van der Waals surface area contributed by atoms with E-state index in [1.165, 1.54) is 0 Å². The van der Waals surface area contributed by atoms with Crippen LogP contribution in [0.1, 0.15) is 45.0 Å². The van der Waals surface area contributed by atoms with E-state index in [0.29, 0.717) is 10.4 Å². The molecule has 1 atom stereocenters. The average molecular weight is 259 g/mol. The molecule has 0 radical (unpaired) electrons. The SMILES string of the molecule is CCCc1nc(Cl)c(C)c(SC(C)CC)n1. The number of halogens is 1. The highest BCUT2D eigenvalue weighted by molar-refractivity contribution is 7.99. The number of rotatable bonds is 5. The second-order valence-electron chi connectivity index (χ2n) is 3.95. The lowest BCUT2D eigenvalue weighted by Crippen LogP contribution is -2.02. The molecular formula is C12H19ClN2S. The fraction of sp³-hybridized carbons (Fsp3) is 0.667. The van der Waals surface area contributed by atoms with Crippen LogP contribution in [0.25, 0.3) is 0 Å². The Balaban J connectivity index is 2.96. The van der Waals surface area contributed by atoms with Crippen molar-refractivity contribution in [2.45, 2.75) is 57.2 Å². The molecule has 0 fully saturated rings. The van der Waals surface area contributed by atoms with Gasteiger partial charge in [-0.3, -0.25) is 0 Å². The van der Waals surface area contributed by atoms with Crippen LogP contribution >= 0.6 is 23.4 Å². The lowest BCUT2D eigenvalue weighted by atomic mass is 10.3. The topological polar surface area (TPSA) is 25.8 Å². The maximum Gasteiger partial charge on any atom is 0.136 e. The fourth-order valence-electron chi connectivity index (χ4n) is 1.24. The third-order valence-electron chi connectivity index (χ3n) is 2.45. The average Bonchev–Trinajstić information content (AvgIpc) is 2.25. The van der Waals surface area contributed by atoms with E-state index in [4.69, 9.17) is 11.6 Å². The van der Waals surface area contributed by atoms with Gasteiger partial charge in [0.1, 0.15) is 16.0 Å². The summed E-state index contributed by atoms with van der Waals surface area (Å²) in [5.74, 6) is 0.865. The van der Waals surface area contributed by atoms with Crippen molar-refractivity contribution >= 4 is 23.4 Å². The normalized spacial score (nSPS) is 12.8. The maximum atomic E-state index is 6.12. The van der Waals surface area contributed by atoms with Gasteiger partial charge in [0.2, 0.25) is 0 Å². The molecule has 1 rings (SSSR count). The first-order valence-corrected chi connectivity index (χ1v) is 7.03. The zero-order valence-corrected chi connectivity index (χ0v) is 12.0. The molecule has 0 saturated carbocycles. The molecule has 0 amide bonds. The van der Waals surface area contributed by atoms with Gasteiger partial charge in [-0.25, -0.2) is 9.97 Å². The molecule has 1 heterocycles. The van der Waals surface area contributed by atoms with Crippen LogP contribution < -0.4 is 0 Å².